The molecule has 0 radical (unpaired) electrons. The molecule has 19 heavy (non-hydrogen) atoms. The van der Waals surface area contributed by atoms with Gasteiger partial charge >= 0.3 is 0 Å². The molecule has 0 amide bonds. The Morgan fingerprint density at radius 1 is 1.26 bits per heavy atom. The van der Waals surface area contributed by atoms with Crippen LogP contribution in [0.1, 0.15) is 11.1 Å². The average Bonchev–Trinajstić information content (AvgIpc) is 2.91. The lowest BCUT2D eigenvalue weighted by molar-refractivity contribution is 0.467. The molecule has 0 aliphatic carbocycles. The summed E-state index contributed by atoms with van der Waals surface area (Å²) in [5, 5.41) is 3.88. The van der Waals surface area contributed by atoms with Crippen LogP contribution >= 0.6 is 11.3 Å². The molecule has 0 fully saturated rings. The van der Waals surface area contributed by atoms with E-state index in [0.29, 0.717) is 13.1 Å². The van der Waals surface area contributed by atoms with Crippen molar-refractivity contribution in [1.29, 1.82) is 0 Å². The summed E-state index contributed by atoms with van der Waals surface area (Å²) >= 11 is 1.56. The van der Waals surface area contributed by atoms with E-state index in [0.717, 1.165) is 11.1 Å². The molecule has 1 heterocycles. The standard InChI is InChI=1S/C13H16N2O2S2/c1-15(9-12-5-6-18-10-12)19(16,17)13-4-2-3-11(7-13)8-14/h2-7,10H,8-9,14H2,1H3. The molecule has 1 aromatic carbocycles. The third kappa shape index (κ3) is 3.22. The molecule has 0 aliphatic heterocycles. The highest BCUT2D eigenvalue weighted by molar-refractivity contribution is 7.89. The number of rotatable bonds is 5. The first-order valence-corrected chi connectivity index (χ1v) is 8.19. The summed E-state index contributed by atoms with van der Waals surface area (Å²) in [5.41, 5.74) is 7.34. The van der Waals surface area contributed by atoms with E-state index in [1.165, 1.54) is 4.31 Å². The lowest BCUT2D eigenvalue weighted by Gasteiger charge is -2.17. The second-order valence-corrected chi connectivity index (χ2v) is 7.07. The molecule has 4 nitrogen and oxygen atoms in total. The van der Waals surface area contributed by atoms with Crippen molar-refractivity contribution in [1.82, 2.24) is 4.31 Å². The largest absolute Gasteiger partial charge is 0.326 e. The quantitative estimate of drug-likeness (QED) is 0.918. The van der Waals surface area contributed by atoms with Gasteiger partial charge in [0.2, 0.25) is 10.0 Å². The minimum atomic E-state index is -3.47. The fraction of sp³-hybridized carbons (Fsp3) is 0.231. The van der Waals surface area contributed by atoms with Crippen LogP contribution in [0.2, 0.25) is 0 Å². The van der Waals surface area contributed by atoms with Gasteiger partial charge in [-0.3, -0.25) is 0 Å². The van der Waals surface area contributed by atoms with Crippen LogP contribution in [0, 0.1) is 0 Å². The summed E-state index contributed by atoms with van der Waals surface area (Å²) < 4.78 is 26.2. The molecule has 102 valence electrons. The maximum Gasteiger partial charge on any atom is 0.243 e. The zero-order chi connectivity index (χ0) is 13.9. The van der Waals surface area contributed by atoms with Crippen molar-refractivity contribution in [2.24, 2.45) is 5.73 Å². The summed E-state index contributed by atoms with van der Waals surface area (Å²) in [5.74, 6) is 0. The van der Waals surface area contributed by atoms with E-state index < -0.39 is 10.0 Å². The number of benzene rings is 1. The number of thiophene rings is 1. The minimum Gasteiger partial charge on any atom is -0.326 e. The van der Waals surface area contributed by atoms with Crippen molar-refractivity contribution in [2.45, 2.75) is 18.0 Å². The first-order valence-electron chi connectivity index (χ1n) is 5.80. The molecule has 6 heteroatoms. The highest BCUT2D eigenvalue weighted by Crippen LogP contribution is 2.18. The second kappa shape index (κ2) is 5.83. The maximum absolute atomic E-state index is 12.4. The van der Waals surface area contributed by atoms with Gasteiger partial charge in [-0.05, 0) is 40.1 Å². The van der Waals surface area contributed by atoms with Crippen LogP contribution < -0.4 is 5.73 Å². The monoisotopic (exact) mass is 296 g/mol. The molecule has 0 bridgehead atoms. The Balaban J connectivity index is 2.25. The number of hydrogen-bond donors (Lipinski definition) is 1. The minimum absolute atomic E-state index is 0.285. The van der Waals surface area contributed by atoms with Gasteiger partial charge in [-0.25, -0.2) is 8.42 Å². The zero-order valence-corrected chi connectivity index (χ0v) is 12.2. The van der Waals surface area contributed by atoms with Gasteiger partial charge in [-0.2, -0.15) is 15.6 Å². The molecule has 0 aliphatic rings. The Morgan fingerprint density at radius 3 is 2.68 bits per heavy atom. The molecule has 0 saturated heterocycles. The van der Waals surface area contributed by atoms with Crippen molar-refractivity contribution >= 4 is 21.4 Å². The Bertz CT molecular complexity index is 636. The highest BCUT2D eigenvalue weighted by atomic mass is 32.2. The van der Waals surface area contributed by atoms with Crippen molar-refractivity contribution in [3.05, 3.63) is 52.2 Å². The lowest BCUT2D eigenvalue weighted by atomic mass is 10.2. The van der Waals surface area contributed by atoms with Gasteiger partial charge < -0.3 is 5.73 Å². The van der Waals surface area contributed by atoms with Crippen LogP contribution in [0.4, 0.5) is 0 Å². The van der Waals surface area contributed by atoms with Gasteiger partial charge in [0, 0.05) is 20.1 Å². The first-order chi connectivity index (χ1) is 9.04. The normalized spacial score (nSPS) is 11.9. The number of nitrogens with two attached hydrogens (primary N) is 1. The molecule has 1 aromatic heterocycles. The van der Waals surface area contributed by atoms with Crippen LogP contribution in [0.25, 0.3) is 0 Å². The molecule has 0 unspecified atom stereocenters. The molecule has 0 atom stereocenters. The molecule has 2 N–H and O–H groups in total. The summed E-state index contributed by atoms with van der Waals surface area (Å²) in [6, 6.07) is 8.68. The van der Waals surface area contributed by atoms with E-state index in [4.69, 9.17) is 5.73 Å². The van der Waals surface area contributed by atoms with Gasteiger partial charge in [0.25, 0.3) is 0 Å². The van der Waals surface area contributed by atoms with E-state index >= 15 is 0 Å². The predicted octanol–water partition coefficient (Wildman–Crippen LogP) is 2.03. The Morgan fingerprint density at radius 2 is 2.05 bits per heavy atom. The average molecular weight is 296 g/mol. The number of hydrogen-bond acceptors (Lipinski definition) is 4. The van der Waals surface area contributed by atoms with Crippen LogP contribution in [0.3, 0.4) is 0 Å². The van der Waals surface area contributed by atoms with Crippen LogP contribution in [-0.4, -0.2) is 19.8 Å². The van der Waals surface area contributed by atoms with Crippen molar-refractivity contribution in [3.63, 3.8) is 0 Å². The summed E-state index contributed by atoms with van der Waals surface area (Å²) in [7, 11) is -1.88. The second-order valence-electron chi connectivity index (χ2n) is 4.24. The van der Waals surface area contributed by atoms with Crippen molar-refractivity contribution < 1.29 is 8.42 Å². The third-order valence-corrected chi connectivity index (χ3v) is 5.36. The van der Waals surface area contributed by atoms with E-state index in [2.05, 4.69) is 0 Å². The van der Waals surface area contributed by atoms with Gasteiger partial charge in [0.15, 0.2) is 0 Å². The van der Waals surface area contributed by atoms with Crippen LogP contribution in [-0.2, 0) is 23.1 Å². The summed E-state index contributed by atoms with van der Waals surface area (Å²) in [6.45, 7) is 0.705. The molecule has 2 rings (SSSR count). The van der Waals surface area contributed by atoms with E-state index in [1.54, 1.807) is 36.6 Å². The van der Waals surface area contributed by atoms with Crippen molar-refractivity contribution in [2.75, 3.05) is 7.05 Å². The lowest BCUT2D eigenvalue weighted by Crippen LogP contribution is -2.26. The van der Waals surface area contributed by atoms with Crippen LogP contribution in [0.5, 0.6) is 0 Å². The van der Waals surface area contributed by atoms with Gasteiger partial charge in [-0.15, -0.1) is 0 Å². The van der Waals surface area contributed by atoms with Crippen LogP contribution in [0.15, 0.2) is 46.0 Å². The third-order valence-electron chi connectivity index (χ3n) is 2.83. The first kappa shape index (κ1) is 14.2. The van der Waals surface area contributed by atoms with Gasteiger partial charge in [0.05, 0.1) is 4.90 Å². The van der Waals surface area contributed by atoms with Gasteiger partial charge in [0.1, 0.15) is 0 Å². The summed E-state index contributed by atoms with van der Waals surface area (Å²) in [6.07, 6.45) is 0. The zero-order valence-electron chi connectivity index (χ0n) is 10.6. The van der Waals surface area contributed by atoms with Crippen molar-refractivity contribution in [3.8, 4) is 0 Å². The number of sulfonamides is 1. The Hall–Kier alpha value is -1.21. The predicted molar refractivity (Wildman–Crippen MR) is 77.3 cm³/mol. The Kier molecular flexibility index (Phi) is 4.36. The molecular formula is C13H16N2O2S2. The van der Waals surface area contributed by atoms with E-state index in [9.17, 15) is 8.42 Å². The van der Waals surface area contributed by atoms with E-state index in [1.807, 2.05) is 22.9 Å². The fourth-order valence-corrected chi connectivity index (χ4v) is 3.63. The smallest absolute Gasteiger partial charge is 0.243 e. The molecule has 2 aromatic rings. The highest BCUT2D eigenvalue weighted by Gasteiger charge is 2.21. The molecule has 0 spiro atoms. The molecule has 0 saturated carbocycles. The Labute approximate surface area is 117 Å². The SMILES string of the molecule is CN(Cc1ccsc1)S(=O)(=O)c1cccc(CN)c1. The fourth-order valence-electron chi connectivity index (χ4n) is 1.74. The topological polar surface area (TPSA) is 63.4 Å². The summed E-state index contributed by atoms with van der Waals surface area (Å²) in [4.78, 5) is 0.285. The molecular weight excluding hydrogens is 280 g/mol. The van der Waals surface area contributed by atoms with E-state index in [-0.39, 0.29) is 4.90 Å². The van der Waals surface area contributed by atoms with Gasteiger partial charge in [-0.1, -0.05) is 12.1 Å². The number of nitrogens with zero attached hydrogens (tertiary/aromatic N) is 1. The maximum atomic E-state index is 12.4.